The molecule has 1 aliphatic heterocycles. The summed E-state index contributed by atoms with van der Waals surface area (Å²) in [7, 11) is -2.19. The molecule has 0 bridgehead atoms. The van der Waals surface area contributed by atoms with E-state index >= 15 is 0 Å². The van der Waals surface area contributed by atoms with Crippen molar-refractivity contribution in [2.45, 2.75) is 11.9 Å². The molecule has 0 saturated carbocycles. The fourth-order valence-electron chi connectivity index (χ4n) is 2.04. The van der Waals surface area contributed by atoms with Crippen LogP contribution in [-0.2, 0) is 19.6 Å². The first-order valence-corrected chi connectivity index (χ1v) is 7.68. The summed E-state index contributed by atoms with van der Waals surface area (Å²) in [5, 5.41) is 0.108. The average molecular weight is 302 g/mol. The molecular formula is C11H18N4O4S. The Kier molecular flexibility index (Phi) is 4.41. The first-order chi connectivity index (χ1) is 9.43. The Bertz CT molecular complexity index is 575. The van der Waals surface area contributed by atoms with Crippen LogP contribution in [0.15, 0.2) is 11.2 Å². The third kappa shape index (κ3) is 3.17. The zero-order chi connectivity index (χ0) is 14.8. The maximum absolute atomic E-state index is 12.3. The molecule has 1 aromatic heterocycles. The number of esters is 1. The monoisotopic (exact) mass is 302 g/mol. The summed E-state index contributed by atoms with van der Waals surface area (Å²) in [5.41, 5.74) is 0. The van der Waals surface area contributed by atoms with Gasteiger partial charge in [0.25, 0.3) is 10.0 Å². The van der Waals surface area contributed by atoms with Crippen LogP contribution in [0.4, 0.5) is 0 Å². The minimum atomic E-state index is -3.53. The summed E-state index contributed by atoms with van der Waals surface area (Å²) >= 11 is 0. The second-order valence-electron chi connectivity index (χ2n) is 4.59. The summed E-state index contributed by atoms with van der Waals surface area (Å²) in [4.78, 5) is 19.7. The molecule has 8 nitrogen and oxygen atoms in total. The van der Waals surface area contributed by atoms with Crippen LogP contribution in [0.25, 0.3) is 0 Å². The molecule has 2 heterocycles. The standard InChI is InChI=1S/C11H18N4O4S/c1-9-12-7-10(13-9)20(17,18)15-5-3-14(4-6-15)8-11(16)19-2/h7H,3-6,8H2,1-2H3,(H,12,13). The molecule has 9 heteroatoms. The molecule has 112 valence electrons. The molecule has 0 spiro atoms. The van der Waals surface area contributed by atoms with E-state index in [9.17, 15) is 13.2 Å². The lowest BCUT2D eigenvalue weighted by atomic mass is 10.3. The summed E-state index contributed by atoms with van der Waals surface area (Å²) in [6.45, 7) is 3.58. The molecule has 1 saturated heterocycles. The Hall–Kier alpha value is -1.45. The van der Waals surface area contributed by atoms with Crippen molar-refractivity contribution in [3.63, 3.8) is 0 Å². The number of rotatable bonds is 4. The Morgan fingerprint density at radius 3 is 2.55 bits per heavy atom. The van der Waals surface area contributed by atoms with E-state index in [2.05, 4.69) is 14.7 Å². The van der Waals surface area contributed by atoms with E-state index in [0.29, 0.717) is 32.0 Å². The zero-order valence-electron chi connectivity index (χ0n) is 11.5. The van der Waals surface area contributed by atoms with Crippen molar-refractivity contribution in [3.8, 4) is 0 Å². The number of aromatic amines is 1. The smallest absolute Gasteiger partial charge is 0.319 e. The van der Waals surface area contributed by atoms with Gasteiger partial charge < -0.3 is 9.72 Å². The summed E-state index contributed by atoms with van der Waals surface area (Å²) in [6.07, 6.45) is 1.32. The number of ether oxygens (including phenoxy) is 1. The molecule has 1 N–H and O–H groups in total. The van der Waals surface area contributed by atoms with Gasteiger partial charge in [-0.3, -0.25) is 9.69 Å². The van der Waals surface area contributed by atoms with Gasteiger partial charge in [0.2, 0.25) is 0 Å². The minimum absolute atomic E-state index is 0.108. The number of hydrogen-bond acceptors (Lipinski definition) is 6. The van der Waals surface area contributed by atoms with E-state index < -0.39 is 10.0 Å². The van der Waals surface area contributed by atoms with Gasteiger partial charge in [-0.25, -0.2) is 13.4 Å². The number of sulfonamides is 1. The quantitative estimate of drug-likeness (QED) is 0.731. The number of methoxy groups -OCH3 is 1. The van der Waals surface area contributed by atoms with Crippen LogP contribution in [0.5, 0.6) is 0 Å². The number of carbonyl (C=O) groups excluding carboxylic acids is 1. The lowest BCUT2D eigenvalue weighted by Crippen LogP contribution is -2.49. The van der Waals surface area contributed by atoms with E-state index in [4.69, 9.17) is 0 Å². The van der Waals surface area contributed by atoms with Crippen LogP contribution in [0.3, 0.4) is 0 Å². The van der Waals surface area contributed by atoms with Gasteiger partial charge in [-0.15, -0.1) is 0 Å². The maximum atomic E-state index is 12.3. The van der Waals surface area contributed by atoms with Gasteiger partial charge in [0, 0.05) is 26.2 Å². The lowest BCUT2D eigenvalue weighted by Gasteiger charge is -2.32. The molecule has 0 radical (unpaired) electrons. The number of piperazine rings is 1. The van der Waals surface area contributed by atoms with Gasteiger partial charge in [0.1, 0.15) is 5.82 Å². The number of nitrogens with one attached hydrogen (secondary N) is 1. The van der Waals surface area contributed by atoms with Gasteiger partial charge in [-0.2, -0.15) is 4.31 Å². The summed E-state index contributed by atoms with van der Waals surface area (Å²) in [5.74, 6) is 0.249. The van der Waals surface area contributed by atoms with Gasteiger partial charge in [-0.1, -0.05) is 0 Å². The first kappa shape index (κ1) is 14.9. The van der Waals surface area contributed by atoms with Gasteiger partial charge in [-0.05, 0) is 6.92 Å². The molecule has 0 atom stereocenters. The fraction of sp³-hybridized carbons (Fsp3) is 0.636. The molecule has 1 aliphatic rings. The zero-order valence-corrected chi connectivity index (χ0v) is 12.3. The van der Waals surface area contributed by atoms with Crippen molar-refractivity contribution in [2.24, 2.45) is 0 Å². The Balaban J connectivity index is 1.98. The fourth-order valence-corrected chi connectivity index (χ4v) is 3.43. The van der Waals surface area contributed by atoms with Crippen LogP contribution in [0.1, 0.15) is 5.82 Å². The van der Waals surface area contributed by atoms with Crippen LogP contribution in [-0.4, -0.2) is 73.4 Å². The molecule has 20 heavy (non-hydrogen) atoms. The number of aromatic nitrogens is 2. The van der Waals surface area contributed by atoms with E-state index in [1.165, 1.54) is 17.6 Å². The van der Waals surface area contributed by atoms with Gasteiger partial charge >= 0.3 is 5.97 Å². The Labute approximate surface area is 117 Å². The average Bonchev–Trinajstić information content (AvgIpc) is 2.86. The highest BCUT2D eigenvalue weighted by atomic mass is 32.2. The lowest BCUT2D eigenvalue weighted by molar-refractivity contribution is -0.142. The topological polar surface area (TPSA) is 95.6 Å². The van der Waals surface area contributed by atoms with Crippen LogP contribution >= 0.6 is 0 Å². The van der Waals surface area contributed by atoms with Gasteiger partial charge in [0.15, 0.2) is 5.03 Å². The number of H-pyrrole nitrogens is 1. The summed E-state index contributed by atoms with van der Waals surface area (Å²) in [6, 6.07) is 0. The number of hydrogen-bond donors (Lipinski definition) is 1. The molecule has 0 amide bonds. The van der Waals surface area contributed by atoms with Gasteiger partial charge in [0.05, 0.1) is 19.9 Å². The predicted octanol–water partition coefficient (Wildman–Crippen LogP) is -0.803. The first-order valence-electron chi connectivity index (χ1n) is 6.24. The number of aryl methyl sites for hydroxylation is 1. The SMILES string of the molecule is COC(=O)CN1CCN(S(=O)(=O)c2cnc(C)[nH]2)CC1. The number of imidazole rings is 1. The van der Waals surface area contributed by atoms with Crippen molar-refractivity contribution in [1.29, 1.82) is 0 Å². The van der Waals surface area contributed by atoms with E-state index in [1.807, 2.05) is 4.90 Å². The molecule has 0 aromatic carbocycles. The molecule has 0 aliphatic carbocycles. The van der Waals surface area contributed by atoms with E-state index in [1.54, 1.807) is 6.92 Å². The molecule has 0 unspecified atom stereocenters. The third-order valence-electron chi connectivity index (χ3n) is 3.21. The van der Waals surface area contributed by atoms with Crippen LogP contribution in [0.2, 0.25) is 0 Å². The maximum Gasteiger partial charge on any atom is 0.319 e. The number of nitrogens with zero attached hydrogens (tertiary/aromatic N) is 3. The predicted molar refractivity (Wildman–Crippen MR) is 70.5 cm³/mol. The Morgan fingerprint density at radius 1 is 1.40 bits per heavy atom. The minimum Gasteiger partial charge on any atom is -0.468 e. The molecule has 2 rings (SSSR count). The highest BCUT2D eigenvalue weighted by molar-refractivity contribution is 7.89. The van der Waals surface area contributed by atoms with Crippen molar-refractivity contribution >= 4 is 16.0 Å². The largest absolute Gasteiger partial charge is 0.468 e. The second kappa shape index (κ2) is 5.90. The molecular weight excluding hydrogens is 284 g/mol. The molecule has 1 aromatic rings. The normalized spacial score (nSPS) is 18.1. The Morgan fingerprint density at radius 2 is 2.05 bits per heavy atom. The van der Waals surface area contributed by atoms with Crippen molar-refractivity contribution in [3.05, 3.63) is 12.0 Å². The van der Waals surface area contributed by atoms with E-state index in [0.717, 1.165) is 0 Å². The van der Waals surface area contributed by atoms with Crippen molar-refractivity contribution in [2.75, 3.05) is 39.8 Å². The third-order valence-corrected chi connectivity index (χ3v) is 5.02. The van der Waals surface area contributed by atoms with Crippen molar-refractivity contribution < 1.29 is 17.9 Å². The highest BCUT2D eigenvalue weighted by Gasteiger charge is 2.30. The highest BCUT2D eigenvalue weighted by Crippen LogP contribution is 2.15. The van der Waals surface area contributed by atoms with Crippen molar-refractivity contribution in [1.82, 2.24) is 19.2 Å². The summed E-state index contributed by atoms with van der Waals surface area (Å²) < 4.78 is 30.7. The van der Waals surface area contributed by atoms with Crippen LogP contribution in [0, 0.1) is 6.92 Å². The molecule has 1 fully saturated rings. The van der Waals surface area contributed by atoms with Crippen LogP contribution < -0.4 is 0 Å². The second-order valence-corrected chi connectivity index (χ2v) is 6.50. The number of carbonyl (C=O) groups is 1. The van der Waals surface area contributed by atoms with E-state index in [-0.39, 0.29) is 17.5 Å².